The fourth-order valence-corrected chi connectivity index (χ4v) is 4.33. The Morgan fingerprint density at radius 1 is 1.12 bits per heavy atom. The number of esters is 1. The van der Waals surface area contributed by atoms with Crippen molar-refractivity contribution in [3.8, 4) is 16.9 Å². The van der Waals surface area contributed by atoms with E-state index in [0.29, 0.717) is 5.56 Å². The van der Waals surface area contributed by atoms with Gasteiger partial charge in [-0.1, -0.05) is 18.2 Å². The summed E-state index contributed by atoms with van der Waals surface area (Å²) in [5.74, 6) is -5.87. The van der Waals surface area contributed by atoms with Gasteiger partial charge in [-0.25, -0.2) is 4.79 Å². The van der Waals surface area contributed by atoms with Crippen LogP contribution in [0.15, 0.2) is 42.5 Å². The second-order valence-corrected chi connectivity index (χ2v) is 7.93. The van der Waals surface area contributed by atoms with Crippen molar-refractivity contribution in [1.82, 2.24) is 0 Å². The van der Waals surface area contributed by atoms with Crippen LogP contribution in [0.5, 0.6) is 5.75 Å². The first kappa shape index (κ1) is 23.5. The van der Waals surface area contributed by atoms with E-state index >= 15 is 0 Å². The Morgan fingerprint density at radius 2 is 1.82 bits per heavy atom. The van der Waals surface area contributed by atoms with Gasteiger partial charge in [-0.15, -0.1) is 0 Å². The van der Waals surface area contributed by atoms with Crippen LogP contribution < -0.4 is 4.74 Å². The second-order valence-electron chi connectivity index (χ2n) is 7.93. The summed E-state index contributed by atoms with van der Waals surface area (Å²) in [5.41, 5.74) is -0.486. The van der Waals surface area contributed by atoms with Gasteiger partial charge >= 0.3 is 12.1 Å². The molecule has 2 aromatic carbocycles. The van der Waals surface area contributed by atoms with Crippen LogP contribution in [0.3, 0.4) is 0 Å². The summed E-state index contributed by atoms with van der Waals surface area (Å²) in [6, 6.07) is 9.14. The molecule has 0 amide bonds. The first-order chi connectivity index (χ1) is 15.5. The predicted molar refractivity (Wildman–Crippen MR) is 105 cm³/mol. The average molecular weight is 470 g/mol. The lowest BCUT2D eigenvalue weighted by molar-refractivity contribution is -0.422. The fourth-order valence-electron chi connectivity index (χ4n) is 4.33. The highest BCUT2D eigenvalue weighted by Gasteiger charge is 2.71. The number of rotatable bonds is 5. The van der Waals surface area contributed by atoms with Gasteiger partial charge in [0, 0.05) is 0 Å². The smallest absolute Gasteiger partial charge is 0.419 e. The Labute approximate surface area is 185 Å². The molecule has 4 rings (SSSR count). The second kappa shape index (κ2) is 8.26. The molecular weight excluding hydrogens is 449 g/mol. The zero-order chi connectivity index (χ0) is 24.1. The number of aliphatic hydroxyl groups is 4. The lowest BCUT2D eigenvalue weighted by Crippen LogP contribution is -2.64. The number of alkyl halides is 3. The van der Waals surface area contributed by atoms with Crippen molar-refractivity contribution in [2.75, 3.05) is 13.7 Å². The number of aliphatic hydroxyl groups excluding tert-OH is 3. The maximum atomic E-state index is 13.8. The molecule has 1 saturated heterocycles. The van der Waals surface area contributed by atoms with Gasteiger partial charge in [0.1, 0.15) is 11.7 Å². The van der Waals surface area contributed by atoms with E-state index in [1.807, 2.05) is 0 Å². The summed E-state index contributed by atoms with van der Waals surface area (Å²) < 4.78 is 56.6. The number of carbonyl (C=O) groups excluding carboxylic acids is 1. The highest BCUT2D eigenvalue weighted by Crippen LogP contribution is 2.53. The predicted octanol–water partition coefficient (Wildman–Crippen LogP) is 1.54. The van der Waals surface area contributed by atoms with Crippen molar-refractivity contribution in [3.05, 3.63) is 53.6 Å². The Bertz CT molecular complexity index is 1060. The van der Waals surface area contributed by atoms with E-state index in [-0.39, 0.29) is 11.1 Å². The number of carbonyl (C=O) groups is 1. The van der Waals surface area contributed by atoms with Crippen molar-refractivity contribution < 1.29 is 52.6 Å². The maximum Gasteiger partial charge on any atom is 0.419 e. The van der Waals surface area contributed by atoms with Crippen molar-refractivity contribution in [1.29, 1.82) is 0 Å². The Balaban J connectivity index is 1.64. The van der Waals surface area contributed by atoms with Crippen LogP contribution in [0.4, 0.5) is 13.2 Å². The van der Waals surface area contributed by atoms with Crippen LogP contribution in [-0.2, 0) is 15.7 Å². The number of halogens is 3. The van der Waals surface area contributed by atoms with E-state index in [4.69, 9.17) is 9.47 Å². The molecule has 0 spiro atoms. The number of hydrogen-bond donors (Lipinski definition) is 4. The average Bonchev–Trinajstić information content (AvgIpc) is 2.91. The Kier molecular flexibility index (Phi) is 5.87. The molecule has 1 aliphatic carbocycles. The molecule has 2 aliphatic rings. The van der Waals surface area contributed by atoms with Gasteiger partial charge in [-0.05, 0) is 35.4 Å². The normalized spacial score (nSPS) is 31.0. The van der Waals surface area contributed by atoms with E-state index in [1.54, 1.807) is 0 Å². The molecule has 2 aromatic rings. The van der Waals surface area contributed by atoms with Crippen molar-refractivity contribution in [2.24, 2.45) is 11.8 Å². The molecule has 2 fully saturated rings. The van der Waals surface area contributed by atoms with E-state index in [1.165, 1.54) is 37.4 Å². The van der Waals surface area contributed by atoms with Crippen LogP contribution in [0.1, 0.15) is 15.9 Å². The first-order valence-electron chi connectivity index (χ1n) is 9.95. The fraction of sp³-hybridized carbons (Fsp3) is 0.409. The van der Waals surface area contributed by atoms with Crippen molar-refractivity contribution in [2.45, 2.75) is 30.5 Å². The van der Waals surface area contributed by atoms with Crippen LogP contribution in [0.25, 0.3) is 11.1 Å². The molecule has 1 saturated carbocycles. The summed E-state index contributed by atoms with van der Waals surface area (Å²) >= 11 is 0. The molecule has 4 N–H and O–H groups in total. The lowest BCUT2D eigenvalue weighted by Gasteiger charge is -2.49. The maximum absolute atomic E-state index is 13.8. The van der Waals surface area contributed by atoms with Crippen LogP contribution >= 0.6 is 0 Å². The monoisotopic (exact) mass is 470 g/mol. The zero-order valence-corrected chi connectivity index (χ0v) is 17.2. The zero-order valence-electron chi connectivity index (χ0n) is 17.2. The number of fused-ring (bicyclic) bond motifs is 1. The SMILES string of the molecule is COC(=O)c1cccc(-c2ccc(OC3OC4(O)C(CO)C(O)C(O)C34)c(C(F)(F)F)c2)c1. The molecule has 0 aromatic heterocycles. The van der Waals surface area contributed by atoms with Gasteiger partial charge in [-0.3, -0.25) is 0 Å². The number of ether oxygens (including phenoxy) is 3. The molecule has 1 heterocycles. The van der Waals surface area contributed by atoms with Gasteiger partial charge in [0.25, 0.3) is 0 Å². The van der Waals surface area contributed by atoms with Gasteiger partial charge < -0.3 is 34.6 Å². The third-order valence-electron chi connectivity index (χ3n) is 6.08. The summed E-state index contributed by atoms with van der Waals surface area (Å²) in [5, 5.41) is 40.0. The van der Waals surface area contributed by atoms with Gasteiger partial charge in [-0.2, -0.15) is 13.2 Å². The molecule has 1 aliphatic heterocycles. The molecule has 0 bridgehead atoms. The van der Waals surface area contributed by atoms with E-state index < -0.39 is 66.2 Å². The molecule has 178 valence electrons. The van der Waals surface area contributed by atoms with Crippen LogP contribution in [-0.4, -0.2) is 64.4 Å². The topological polar surface area (TPSA) is 126 Å². The summed E-state index contributed by atoms with van der Waals surface area (Å²) in [6.07, 6.45) is -9.41. The minimum Gasteiger partial charge on any atom is -0.465 e. The molecule has 33 heavy (non-hydrogen) atoms. The molecule has 11 heteroatoms. The van der Waals surface area contributed by atoms with E-state index in [0.717, 1.165) is 12.1 Å². The molecule has 0 radical (unpaired) electrons. The standard InChI is InChI=1S/C22H21F3O8/c1-31-19(29)12-4-2-3-10(7-12)11-5-6-15(13(8-11)22(23,24)25)32-20-16-18(28)17(27)14(9-26)21(16,30)33-20/h2-8,14,16-18,20,26-28,30H,9H2,1H3. The largest absolute Gasteiger partial charge is 0.465 e. The summed E-state index contributed by atoms with van der Waals surface area (Å²) in [6.45, 7) is -0.703. The minimum absolute atomic E-state index is 0.156. The van der Waals surface area contributed by atoms with Crippen LogP contribution in [0, 0.1) is 11.8 Å². The third-order valence-corrected chi connectivity index (χ3v) is 6.08. The molecule has 6 atom stereocenters. The minimum atomic E-state index is -4.83. The molecular formula is C22H21F3O8. The quantitative estimate of drug-likeness (QED) is 0.485. The number of methoxy groups -OCH3 is 1. The van der Waals surface area contributed by atoms with E-state index in [9.17, 15) is 38.4 Å². The molecule has 8 nitrogen and oxygen atoms in total. The first-order valence-corrected chi connectivity index (χ1v) is 9.95. The summed E-state index contributed by atoms with van der Waals surface area (Å²) in [7, 11) is 1.19. The Morgan fingerprint density at radius 3 is 2.45 bits per heavy atom. The summed E-state index contributed by atoms with van der Waals surface area (Å²) in [4.78, 5) is 11.7. The highest BCUT2D eigenvalue weighted by molar-refractivity contribution is 5.91. The number of hydrogen-bond acceptors (Lipinski definition) is 8. The van der Waals surface area contributed by atoms with Gasteiger partial charge in [0.15, 0.2) is 5.79 Å². The number of benzene rings is 2. The lowest BCUT2D eigenvalue weighted by atomic mass is 9.89. The van der Waals surface area contributed by atoms with Crippen molar-refractivity contribution in [3.63, 3.8) is 0 Å². The van der Waals surface area contributed by atoms with Crippen molar-refractivity contribution >= 4 is 5.97 Å². The van der Waals surface area contributed by atoms with Gasteiger partial charge in [0.05, 0.1) is 43.0 Å². The third kappa shape index (κ3) is 3.85. The van der Waals surface area contributed by atoms with Crippen LogP contribution in [0.2, 0.25) is 0 Å². The molecule has 6 unspecified atom stereocenters. The highest BCUT2D eigenvalue weighted by atomic mass is 19.4. The van der Waals surface area contributed by atoms with Gasteiger partial charge in [0.2, 0.25) is 6.29 Å². The van der Waals surface area contributed by atoms with E-state index in [2.05, 4.69) is 4.74 Å². The Hall–Kier alpha value is -2.70.